The average molecular weight is 258 g/mol. The second kappa shape index (κ2) is 4.77. The summed E-state index contributed by atoms with van der Waals surface area (Å²) in [5.41, 5.74) is 0.781. The van der Waals surface area contributed by atoms with Crippen LogP contribution in [0.4, 0.5) is 5.69 Å². The molecule has 0 radical (unpaired) electrons. The van der Waals surface area contributed by atoms with Gasteiger partial charge in [-0.1, -0.05) is 17.9 Å². The number of hydrogen-bond acceptors (Lipinski definition) is 4. The number of rotatable bonds is 3. The van der Waals surface area contributed by atoms with Gasteiger partial charge in [0.15, 0.2) is 0 Å². The van der Waals surface area contributed by atoms with Crippen molar-refractivity contribution in [2.75, 3.05) is 0 Å². The van der Waals surface area contributed by atoms with Crippen LogP contribution in [0.15, 0.2) is 42.5 Å². The lowest BCUT2D eigenvalue weighted by molar-refractivity contribution is -0.384. The lowest BCUT2D eigenvalue weighted by Crippen LogP contribution is -2.03. The number of benzene rings is 2. The molecule has 2 aromatic carbocycles. The molecule has 0 amide bonds. The quantitative estimate of drug-likeness (QED) is 0.670. The molecular weight excluding hydrogens is 250 g/mol. The molecule has 19 heavy (non-hydrogen) atoms. The van der Waals surface area contributed by atoms with Crippen molar-refractivity contribution in [3.63, 3.8) is 0 Å². The topological polar surface area (TPSA) is 104 Å². The standard InChI is InChI=1S/C13H9NO5/c15-12-7-9(3-6-11(12)13(16)17)8-1-4-10(5-2-8)14(18)19/h1-7,15H,(H,16,17)/p-1. The van der Waals surface area contributed by atoms with Crippen LogP contribution in [0.5, 0.6) is 5.75 Å². The van der Waals surface area contributed by atoms with Crippen molar-refractivity contribution in [2.45, 2.75) is 0 Å². The minimum absolute atomic E-state index is 0.0479. The van der Waals surface area contributed by atoms with Crippen LogP contribution >= 0.6 is 0 Å². The van der Waals surface area contributed by atoms with Crippen molar-refractivity contribution in [2.24, 2.45) is 0 Å². The smallest absolute Gasteiger partial charge is 0.335 e. The third-order valence-electron chi connectivity index (χ3n) is 2.62. The molecule has 1 N–H and O–H groups in total. The van der Waals surface area contributed by atoms with Crippen molar-refractivity contribution in [1.82, 2.24) is 0 Å². The second-order valence-corrected chi connectivity index (χ2v) is 3.82. The fraction of sp³-hybridized carbons (Fsp3) is 0. The Kier molecular flexibility index (Phi) is 3.15. The van der Waals surface area contributed by atoms with Gasteiger partial charge < -0.3 is 10.2 Å². The Hall–Kier alpha value is -2.89. The molecule has 6 heteroatoms. The maximum Gasteiger partial charge on any atom is 0.335 e. The van der Waals surface area contributed by atoms with E-state index in [0.29, 0.717) is 11.1 Å². The summed E-state index contributed by atoms with van der Waals surface area (Å²) in [6.45, 7) is 0. The average Bonchev–Trinajstić information content (AvgIpc) is 2.38. The summed E-state index contributed by atoms with van der Waals surface area (Å²) in [5.74, 6) is -1.87. The molecule has 0 bridgehead atoms. The molecule has 2 aromatic rings. The molecule has 0 heterocycles. The summed E-state index contributed by atoms with van der Waals surface area (Å²) in [7, 11) is 0. The van der Waals surface area contributed by atoms with Crippen molar-refractivity contribution in [3.05, 3.63) is 58.1 Å². The predicted octanol–water partition coefficient (Wildman–Crippen LogP) is 2.03. The predicted molar refractivity (Wildman–Crippen MR) is 64.9 cm³/mol. The van der Waals surface area contributed by atoms with Crippen LogP contribution in [0.1, 0.15) is 10.4 Å². The number of aromatic carboxylic acids is 1. The first-order valence-electron chi connectivity index (χ1n) is 5.28. The van der Waals surface area contributed by atoms with E-state index in [1.807, 2.05) is 0 Å². The maximum absolute atomic E-state index is 11.5. The van der Waals surface area contributed by atoms with E-state index >= 15 is 0 Å². The van der Waals surface area contributed by atoms with Crippen molar-refractivity contribution < 1.29 is 19.9 Å². The van der Waals surface area contributed by atoms with Gasteiger partial charge in [0, 0.05) is 12.1 Å². The first-order valence-corrected chi connectivity index (χ1v) is 5.28. The molecule has 96 valence electrons. The van der Waals surface area contributed by atoms with Gasteiger partial charge in [-0.15, -0.1) is 0 Å². The summed E-state index contributed by atoms with van der Waals surface area (Å²) in [6.07, 6.45) is 0. The zero-order chi connectivity index (χ0) is 14.0. The van der Waals surface area contributed by atoms with E-state index in [1.165, 1.54) is 42.5 Å². The monoisotopic (exact) mass is 258 g/mol. The fourth-order valence-electron chi connectivity index (χ4n) is 1.65. The lowest BCUT2D eigenvalue weighted by Gasteiger charge is -2.12. The molecule has 0 saturated carbocycles. The van der Waals surface area contributed by atoms with Crippen LogP contribution in [-0.2, 0) is 0 Å². The van der Waals surface area contributed by atoms with Gasteiger partial charge in [0.25, 0.3) is 5.69 Å². The molecular formula is C13H8NO5-. The Bertz CT molecular complexity index is 649. The third-order valence-corrected chi connectivity index (χ3v) is 2.62. The number of carboxylic acid groups (broad SMARTS) is 1. The molecule has 2 rings (SSSR count). The van der Waals surface area contributed by atoms with Gasteiger partial charge >= 0.3 is 5.97 Å². The summed E-state index contributed by atoms with van der Waals surface area (Å²) in [6, 6.07) is 9.58. The summed E-state index contributed by atoms with van der Waals surface area (Å²) in [4.78, 5) is 20.7. The number of carbonyl (C=O) groups is 1. The van der Waals surface area contributed by atoms with Gasteiger partial charge in [-0.3, -0.25) is 10.1 Å². The highest BCUT2D eigenvalue weighted by Crippen LogP contribution is 2.26. The number of non-ortho nitro benzene ring substituents is 1. The van der Waals surface area contributed by atoms with E-state index in [9.17, 15) is 20.0 Å². The first kappa shape index (κ1) is 12.6. The second-order valence-electron chi connectivity index (χ2n) is 3.82. The normalized spacial score (nSPS) is 10.1. The summed E-state index contributed by atoms with van der Waals surface area (Å²) < 4.78 is 0. The van der Waals surface area contributed by atoms with E-state index < -0.39 is 16.6 Å². The molecule has 0 unspecified atom stereocenters. The van der Waals surface area contributed by atoms with Crippen LogP contribution in [0.3, 0.4) is 0 Å². The van der Waals surface area contributed by atoms with E-state index in [4.69, 9.17) is 5.11 Å². The van der Waals surface area contributed by atoms with Crippen molar-refractivity contribution in [1.29, 1.82) is 0 Å². The Balaban J connectivity index is 2.39. The Morgan fingerprint density at radius 2 is 1.63 bits per heavy atom. The lowest BCUT2D eigenvalue weighted by atomic mass is 10.0. The van der Waals surface area contributed by atoms with Crippen molar-refractivity contribution >= 4 is 11.7 Å². The zero-order valence-corrected chi connectivity index (χ0v) is 9.57. The maximum atomic E-state index is 11.5. The van der Waals surface area contributed by atoms with Crippen LogP contribution in [0, 0.1) is 10.1 Å². The minimum atomic E-state index is -1.28. The highest BCUT2D eigenvalue weighted by atomic mass is 16.6. The molecule has 0 saturated heterocycles. The summed E-state index contributed by atoms with van der Waals surface area (Å²) >= 11 is 0. The third kappa shape index (κ3) is 2.52. The van der Waals surface area contributed by atoms with Crippen LogP contribution < -0.4 is 5.11 Å². The number of carboxylic acids is 1. The highest BCUT2D eigenvalue weighted by molar-refractivity contribution is 5.91. The number of nitrogens with zero attached hydrogens (tertiary/aromatic N) is 1. The van der Waals surface area contributed by atoms with E-state index in [-0.39, 0.29) is 11.3 Å². The Morgan fingerprint density at radius 1 is 1.05 bits per heavy atom. The SMILES string of the molecule is O=C(O)c1ccc(-c2ccc([N+](=O)[O-])cc2)cc1[O-]. The van der Waals surface area contributed by atoms with Gasteiger partial charge in [-0.2, -0.15) is 0 Å². The Morgan fingerprint density at radius 3 is 2.11 bits per heavy atom. The molecule has 0 aliphatic rings. The van der Waals surface area contributed by atoms with Crippen LogP contribution in [0.2, 0.25) is 0 Å². The Labute approximate surface area is 107 Å². The zero-order valence-electron chi connectivity index (χ0n) is 9.57. The molecule has 0 fully saturated rings. The molecule has 0 aliphatic heterocycles. The van der Waals surface area contributed by atoms with Gasteiger partial charge in [0.05, 0.1) is 10.5 Å². The number of hydrogen-bond donors (Lipinski definition) is 1. The highest BCUT2D eigenvalue weighted by Gasteiger charge is 2.07. The van der Waals surface area contributed by atoms with Crippen LogP contribution in [-0.4, -0.2) is 16.0 Å². The van der Waals surface area contributed by atoms with Gasteiger partial charge in [0.2, 0.25) is 0 Å². The number of nitro groups is 1. The molecule has 0 spiro atoms. The largest absolute Gasteiger partial charge is 0.872 e. The molecule has 0 atom stereocenters. The van der Waals surface area contributed by atoms with Gasteiger partial charge in [-0.05, 0) is 29.3 Å². The first-order chi connectivity index (χ1) is 8.99. The van der Waals surface area contributed by atoms with E-state index in [1.54, 1.807) is 0 Å². The summed E-state index contributed by atoms with van der Waals surface area (Å²) in [5, 5.41) is 30.8. The van der Waals surface area contributed by atoms with Crippen molar-refractivity contribution in [3.8, 4) is 16.9 Å². The number of nitro benzene ring substituents is 1. The van der Waals surface area contributed by atoms with E-state index in [2.05, 4.69) is 0 Å². The fourth-order valence-corrected chi connectivity index (χ4v) is 1.65. The van der Waals surface area contributed by atoms with Gasteiger partial charge in [0.1, 0.15) is 0 Å². The van der Waals surface area contributed by atoms with Crippen LogP contribution in [0.25, 0.3) is 11.1 Å². The minimum Gasteiger partial charge on any atom is -0.872 e. The molecule has 0 aliphatic carbocycles. The molecule has 6 nitrogen and oxygen atoms in total. The van der Waals surface area contributed by atoms with E-state index in [0.717, 1.165) is 0 Å². The molecule has 0 aromatic heterocycles. The van der Waals surface area contributed by atoms with Gasteiger partial charge in [-0.25, -0.2) is 4.79 Å².